The molecule has 1 aromatic rings. The lowest BCUT2D eigenvalue weighted by Gasteiger charge is -2.10. The van der Waals surface area contributed by atoms with Gasteiger partial charge in [0.1, 0.15) is 11.6 Å². The Bertz CT molecular complexity index is 496. The number of nitrogens with one attached hydrogen (secondary N) is 1. The molecule has 7 nitrogen and oxygen atoms in total. The van der Waals surface area contributed by atoms with Crippen molar-refractivity contribution < 1.29 is 19.4 Å². The maximum Gasteiger partial charge on any atom is 0.344 e. The van der Waals surface area contributed by atoms with Gasteiger partial charge in [-0.05, 0) is 18.5 Å². The van der Waals surface area contributed by atoms with E-state index in [4.69, 9.17) is 9.84 Å². The van der Waals surface area contributed by atoms with E-state index in [2.05, 4.69) is 9.69 Å². The van der Waals surface area contributed by atoms with Gasteiger partial charge in [0.05, 0.1) is 0 Å². The Labute approximate surface area is 114 Å². The molecular formula is C11H15N3O4S. The molecule has 1 aromatic heterocycles. The van der Waals surface area contributed by atoms with Crippen molar-refractivity contribution in [2.24, 2.45) is 0 Å². The molecule has 0 aliphatic rings. The summed E-state index contributed by atoms with van der Waals surface area (Å²) in [5.41, 5.74) is -0.135. The highest BCUT2D eigenvalue weighted by molar-refractivity contribution is 7.11. The van der Waals surface area contributed by atoms with Crippen LogP contribution in [0.25, 0.3) is 0 Å². The van der Waals surface area contributed by atoms with Gasteiger partial charge in [-0.15, -0.1) is 0 Å². The summed E-state index contributed by atoms with van der Waals surface area (Å²) in [6.07, 6.45) is 3.50. The third-order valence-corrected chi connectivity index (χ3v) is 2.80. The summed E-state index contributed by atoms with van der Waals surface area (Å²) in [5.74, 6) is -1.19. The van der Waals surface area contributed by atoms with Crippen molar-refractivity contribution in [1.29, 1.82) is 0 Å². The van der Waals surface area contributed by atoms with Crippen LogP contribution in [-0.4, -0.2) is 47.1 Å². The van der Waals surface area contributed by atoms with Crippen LogP contribution < -0.4 is 10.1 Å². The first-order valence-electron chi connectivity index (χ1n) is 5.42. The van der Waals surface area contributed by atoms with Crippen molar-refractivity contribution in [3.8, 4) is 5.88 Å². The molecular weight excluding hydrogens is 270 g/mol. The summed E-state index contributed by atoms with van der Waals surface area (Å²) in [5, 5.41) is 11.8. The Morgan fingerprint density at radius 2 is 2.21 bits per heavy atom. The quantitative estimate of drug-likeness (QED) is 0.806. The van der Waals surface area contributed by atoms with E-state index in [1.54, 1.807) is 26.2 Å². The second-order valence-electron chi connectivity index (χ2n) is 3.70. The molecule has 8 heteroatoms. The van der Waals surface area contributed by atoms with E-state index in [1.807, 2.05) is 6.92 Å². The molecule has 0 unspecified atom stereocenters. The number of hydrogen-bond donors (Lipinski definition) is 2. The molecule has 0 spiro atoms. The lowest BCUT2D eigenvalue weighted by Crippen LogP contribution is -2.27. The monoisotopic (exact) mass is 285 g/mol. The van der Waals surface area contributed by atoms with Gasteiger partial charge in [0.2, 0.25) is 5.88 Å². The highest BCUT2D eigenvalue weighted by atomic mass is 32.1. The summed E-state index contributed by atoms with van der Waals surface area (Å²) in [7, 11) is 3.11. The Morgan fingerprint density at radius 3 is 2.74 bits per heavy atom. The Hall–Kier alpha value is -2.09. The molecule has 0 radical (unpaired) electrons. The van der Waals surface area contributed by atoms with Gasteiger partial charge in [0, 0.05) is 14.1 Å². The van der Waals surface area contributed by atoms with E-state index in [0.717, 1.165) is 11.5 Å². The number of amides is 2. The number of nitrogens with zero attached hydrogens (tertiary/aromatic N) is 2. The van der Waals surface area contributed by atoms with Gasteiger partial charge in [-0.1, -0.05) is 12.2 Å². The molecule has 2 N–H and O–H groups in total. The first-order valence-corrected chi connectivity index (χ1v) is 6.20. The van der Waals surface area contributed by atoms with Crippen LogP contribution in [0, 0.1) is 0 Å². The summed E-state index contributed by atoms with van der Waals surface area (Å²) >= 11 is 0.870. The normalized spacial score (nSPS) is 10.5. The number of carbonyl (C=O) groups is 2. The fraction of sp³-hybridized carbons (Fsp3) is 0.364. The number of carboxylic acids is 1. The molecule has 0 saturated carbocycles. The lowest BCUT2D eigenvalue weighted by atomic mass is 10.3. The van der Waals surface area contributed by atoms with Crippen LogP contribution in [0.2, 0.25) is 0 Å². The minimum Gasteiger partial charge on any atom is -0.477 e. The molecule has 0 saturated heterocycles. The number of anilines is 1. The van der Waals surface area contributed by atoms with Crippen molar-refractivity contribution >= 4 is 28.5 Å². The van der Waals surface area contributed by atoms with Crippen LogP contribution in [0.4, 0.5) is 9.80 Å². The zero-order chi connectivity index (χ0) is 14.4. The van der Waals surface area contributed by atoms with Crippen LogP contribution in [0.15, 0.2) is 12.2 Å². The zero-order valence-electron chi connectivity index (χ0n) is 10.8. The number of rotatable bonds is 5. The number of carboxylic acid groups (broad SMARTS) is 1. The van der Waals surface area contributed by atoms with Gasteiger partial charge >= 0.3 is 12.0 Å². The SMILES string of the molecule is CC=CCOc1nsc(NC(=O)N(C)C)c1C(=O)O. The predicted molar refractivity (Wildman–Crippen MR) is 72.1 cm³/mol. The van der Waals surface area contributed by atoms with E-state index in [-0.39, 0.29) is 23.1 Å². The largest absolute Gasteiger partial charge is 0.477 e. The number of urea groups is 1. The van der Waals surface area contributed by atoms with Crippen LogP contribution in [0.5, 0.6) is 5.88 Å². The van der Waals surface area contributed by atoms with E-state index in [1.165, 1.54) is 4.90 Å². The van der Waals surface area contributed by atoms with Gasteiger partial charge in [-0.25, -0.2) is 9.59 Å². The summed E-state index contributed by atoms with van der Waals surface area (Å²) in [6.45, 7) is 2.05. The van der Waals surface area contributed by atoms with Crippen molar-refractivity contribution in [3.05, 3.63) is 17.7 Å². The van der Waals surface area contributed by atoms with Gasteiger partial charge < -0.3 is 14.7 Å². The zero-order valence-corrected chi connectivity index (χ0v) is 11.7. The fourth-order valence-corrected chi connectivity index (χ4v) is 1.80. The molecule has 0 fully saturated rings. The molecule has 0 aliphatic heterocycles. The maximum atomic E-state index is 11.5. The van der Waals surface area contributed by atoms with E-state index >= 15 is 0 Å². The molecule has 0 bridgehead atoms. The number of carbonyl (C=O) groups excluding carboxylic acids is 1. The molecule has 104 valence electrons. The van der Waals surface area contributed by atoms with Crippen LogP contribution in [-0.2, 0) is 0 Å². The van der Waals surface area contributed by atoms with Crippen LogP contribution in [0.3, 0.4) is 0 Å². The molecule has 0 aromatic carbocycles. The van der Waals surface area contributed by atoms with Crippen molar-refractivity contribution in [2.75, 3.05) is 26.0 Å². The second kappa shape index (κ2) is 6.74. The van der Waals surface area contributed by atoms with Gasteiger partial charge in [-0.2, -0.15) is 4.37 Å². The van der Waals surface area contributed by atoms with Gasteiger partial charge in [-0.3, -0.25) is 5.32 Å². The Morgan fingerprint density at radius 1 is 1.53 bits per heavy atom. The predicted octanol–water partition coefficient (Wildman–Crippen LogP) is 1.89. The fourth-order valence-electron chi connectivity index (χ4n) is 1.08. The third kappa shape index (κ3) is 3.95. The number of allylic oxidation sites excluding steroid dienone is 1. The van der Waals surface area contributed by atoms with Crippen molar-refractivity contribution in [2.45, 2.75) is 6.92 Å². The summed E-state index contributed by atoms with van der Waals surface area (Å²) < 4.78 is 9.12. The number of hydrogen-bond acceptors (Lipinski definition) is 5. The van der Waals surface area contributed by atoms with Gasteiger partial charge in [0.25, 0.3) is 0 Å². The minimum atomic E-state index is -1.20. The highest BCUT2D eigenvalue weighted by Gasteiger charge is 2.23. The van der Waals surface area contributed by atoms with Crippen molar-refractivity contribution in [1.82, 2.24) is 9.27 Å². The molecule has 0 aliphatic carbocycles. The van der Waals surface area contributed by atoms with Crippen molar-refractivity contribution in [3.63, 3.8) is 0 Å². The van der Waals surface area contributed by atoms with E-state index < -0.39 is 12.0 Å². The number of aromatic carboxylic acids is 1. The van der Waals surface area contributed by atoms with Crippen LogP contribution >= 0.6 is 11.5 Å². The number of aromatic nitrogens is 1. The third-order valence-electron chi connectivity index (χ3n) is 2.05. The minimum absolute atomic E-state index is 0.00431. The smallest absolute Gasteiger partial charge is 0.344 e. The van der Waals surface area contributed by atoms with E-state index in [0.29, 0.717) is 0 Å². The average Bonchev–Trinajstić information content (AvgIpc) is 2.72. The Kier molecular flexibility index (Phi) is 5.31. The lowest BCUT2D eigenvalue weighted by molar-refractivity contribution is 0.0694. The topological polar surface area (TPSA) is 91.8 Å². The maximum absolute atomic E-state index is 11.5. The van der Waals surface area contributed by atoms with Crippen LogP contribution in [0.1, 0.15) is 17.3 Å². The first kappa shape index (κ1) is 15.0. The average molecular weight is 285 g/mol. The molecule has 2 amide bonds. The summed E-state index contributed by atoms with van der Waals surface area (Å²) in [6, 6.07) is -0.425. The highest BCUT2D eigenvalue weighted by Crippen LogP contribution is 2.30. The number of ether oxygens (including phenoxy) is 1. The standard InChI is InChI=1S/C11H15N3O4S/c1-4-5-6-18-8-7(10(15)16)9(19-13-8)12-11(17)14(2)3/h4-5H,6H2,1-3H3,(H,12,17)(H,15,16). The molecule has 1 heterocycles. The first-order chi connectivity index (χ1) is 8.97. The Balaban J connectivity index is 2.93. The summed E-state index contributed by atoms with van der Waals surface area (Å²) in [4.78, 5) is 24.0. The van der Waals surface area contributed by atoms with E-state index in [9.17, 15) is 9.59 Å². The molecule has 19 heavy (non-hydrogen) atoms. The van der Waals surface area contributed by atoms with Gasteiger partial charge in [0.15, 0.2) is 5.56 Å². The molecule has 0 atom stereocenters. The second-order valence-corrected chi connectivity index (χ2v) is 4.48. The molecule has 1 rings (SSSR count).